The summed E-state index contributed by atoms with van der Waals surface area (Å²) in [4.78, 5) is 22.4. The lowest BCUT2D eigenvalue weighted by atomic mass is 9.91. The van der Waals surface area contributed by atoms with E-state index in [1.807, 2.05) is 0 Å². The first-order valence-electron chi connectivity index (χ1n) is 10.7. The van der Waals surface area contributed by atoms with E-state index >= 15 is 4.39 Å². The standard InChI is InChI=1S/C24H25F3N4O3/c1-12(14-7-6-8-16(21(14)25)24(26,27)23(3,4)33)28-22-15-9-18-19(34-11-20(32)31(18)5)10-17(15)29-13(2)30-22/h6-10,12,33H,11H2,1-5H3,(H,28,29,30)/t12-/m1/s1. The van der Waals surface area contributed by atoms with Crippen LogP contribution in [-0.4, -0.2) is 40.2 Å². The van der Waals surface area contributed by atoms with Gasteiger partial charge in [-0.25, -0.2) is 14.4 Å². The molecule has 4 rings (SSSR count). The van der Waals surface area contributed by atoms with E-state index in [-0.39, 0.29) is 18.1 Å². The molecule has 0 fully saturated rings. The molecular formula is C24H25F3N4O3. The van der Waals surface area contributed by atoms with Crippen molar-refractivity contribution >= 4 is 28.3 Å². The Morgan fingerprint density at radius 1 is 1.24 bits per heavy atom. The van der Waals surface area contributed by atoms with Gasteiger partial charge in [-0.2, -0.15) is 8.78 Å². The van der Waals surface area contributed by atoms with Crippen molar-refractivity contribution in [1.29, 1.82) is 0 Å². The van der Waals surface area contributed by atoms with Crippen molar-refractivity contribution in [3.05, 3.63) is 53.1 Å². The number of carbonyl (C=O) groups is 1. The van der Waals surface area contributed by atoms with E-state index in [0.29, 0.717) is 34.0 Å². The number of halogens is 3. The lowest BCUT2D eigenvalue weighted by molar-refractivity contribution is -0.170. The van der Waals surface area contributed by atoms with Gasteiger partial charge in [0.2, 0.25) is 0 Å². The fourth-order valence-electron chi connectivity index (χ4n) is 3.86. The Morgan fingerprint density at radius 3 is 2.62 bits per heavy atom. The Kier molecular flexibility index (Phi) is 5.67. The van der Waals surface area contributed by atoms with Gasteiger partial charge in [0.25, 0.3) is 5.91 Å². The first kappa shape index (κ1) is 23.7. The number of alkyl halides is 2. The van der Waals surface area contributed by atoms with Gasteiger partial charge in [0.1, 0.15) is 28.8 Å². The predicted octanol–water partition coefficient (Wildman–Crippen LogP) is 4.47. The van der Waals surface area contributed by atoms with Crippen molar-refractivity contribution in [3.8, 4) is 5.75 Å². The molecular weight excluding hydrogens is 449 g/mol. The fourth-order valence-corrected chi connectivity index (χ4v) is 3.86. The summed E-state index contributed by atoms with van der Waals surface area (Å²) in [5, 5.41) is 13.5. The number of likely N-dealkylation sites (N-methyl/N-ethyl adjacent to an activating group) is 1. The van der Waals surface area contributed by atoms with Crippen molar-refractivity contribution in [2.24, 2.45) is 0 Å². The highest BCUT2D eigenvalue weighted by atomic mass is 19.3. The van der Waals surface area contributed by atoms with Gasteiger partial charge in [0, 0.05) is 24.1 Å². The fraction of sp³-hybridized carbons (Fsp3) is 0.375. The third kappa shape index (κ3) is 3.91. The third-order valence-electron chi connectivity index (χ3n) is 5.93. The zero-order valence-electron chi connectivity index (χ0n) is 19.4. The molecule has 0 unspecified atom stereocenters. The second kappa shape index (κ2) is 8.12. The van der Waals surface area contributed by atoms with Crippen LogP contribution in [0.25, 0.3) is 10.9 Å². The second-order valence-electron chi connectivity index (χ2n) is 8.91. The molecule has 0 bridgehead atoms. The molecule has 1 aliphatic heterocycles. The molecule has 2 N–H and O–H groups in total. The largest absolute Gasteiger partial charge is 0.481 e. The van der Waals surface area contributed by atoms with Gasteiger partial charge in [-0.1, -0.05) is 12.1 Å². The lowest BCUT2D eigenvalue weighted by Gasteiger charge is -2.30. The van der Waals surface area contributed by atoms with Crippen molar-refractivity contribution in [2.75, 3.05) is 23.9 Å². The molecule has 3 aromatic rings. The number of aromatic nitrogens is 2. The number of aryl methyl sites for hydroxylation is 1. The van der Waals surface area contributed by atoms with Gasteiger partial charge in [-0.05, 0) is 39.8 Å². The van der Waals surface area contributed by atoms with Gasteiger partial charge < -0.3 is 20.1 Å². The molecule has 0 saturated carbocycles. The number of aliphatic hydroxyl groups is 1. The molecule has 2 heterocycles. The zero-order valence-corrected chi connectivity index (χ0v) is 19.4. The van der Waals surface area contributed by atoms with Crippen molar-refractivity contribution in [2.45, 2.75) is 45.3 Å². The topological polar surface area (TPSA) is 87.6 Å². The highest BCUT2D eigenvalue weighted by Gasteiger charge is 2.49. The summed E-state index contributed by atoms with van der Waals surface area (Å²) < 4.78 is 50.2. The summed E-state index contributed by atoms with van der Waals surface area (Å²) in [6, 6.07) is 6.32. The number of anilines is 2. The third-order valence-corrected chi connectivity index (χ3v) is 5.93. The number of carbonyl (C=O) groups excluding carboxylic acids is 1. The van der Waals surface area contributed by atoms with Crippen molar-refractivity contribution in [3.63, 3.8) is 0 Å². The Balaban J connectivity index is 1.76. The number of amides is 1. The molecule has 0 aliphatic carbocycles. The number of nitrogens with zero attached hydrogens (tertiary/aromatic N) is 3. The maximum atomic E-state index is 15.2. The number of rotatable bonds is 5. The predicted molar refractivity (Wildman–Crippen MR) is 122 cm³/mol. The van der Waals surface area contributed by atoms with E-state index in [2.05, 4.69) is 15.3 Å². The van der Waals surface area contributed by atoms with Crippen LogP contribution in [0, 0.1) is 12.7 Å². The molecule has 10 heteroatoms. The molecule has 7 nitrogen and oxygen atoms in total. The summed E-state index contributed by atoms with van der Waals surface area (Å²) >= 11 is 0. The van der Waals surface area contributed by atoms with Crippen LogP contribution in [0.15, 0.2) is 30.3 Å². The maximum absolute atomic E-state index is 15.2. The van der Waals surface area contributed by atoms with Crippen LogP contribution in [0.3, 0.4) is 0 Å². The quantitative estimate of drug-likeness (QED) is 0.568. The highest BCUT2D eigenvalue weighted by Crippen LogP contribution is 2.42. The van der Waals surface area contributed by atoms with Crippen LogP contribution < -0.4 is 15.0 Å². The molecule has 1 amide bonds. The van der Waals surface area contributed by atoms with Crippen LogP contribution in [0.4, 0.5) is 24.7 Å². The summed E-state index contributed by atoms with van der Waals surface area (Å²) in [6.45, 7) is 5.10. The monoisotopic (exact) mass is 474 g/mol. The van der Waals surface area contributed by atoms with E-state index in [1.165, 1.54) is 17.0 Å². The Morgan fingerprint density at radius 2 is 1.94 bits per heavy atom. The lowest BCUT2D eigenvalue weighted by Crippen LogP contribution is -2.41. The van der Waals surface area contributed by atoms with Crippen LogP contribution >= 0.6 is 0 Å². The minimum Gasteiger partial charge on any atom is -0.481 e. The number of fused-ring (bicyclic) bond motifs is 2. The maximum Gasteiger partial charge on any atom is 0.303 e. The molecule has 34 heavy (non-hydrogen) atoms. The van der Waals surface area contributed by atoms with E-state index in [9.17, 15) is 18.7 Å². The SMILES string of the molecule is Cc1nc(N[C@H](C)c2cccc(C(F)(F)C(C)(C)O)c2F)c2cc3c(cc2n1)OCC(=O)N3C. The molecule has 0 saturated heterocycles. The summed E-state index contributed by atoms with van der Waals surface area (Å²) in [5.74, 6) is -3.84. The minimum absolute atomic E-state index is 0.0144. The molecule has 1 atom stereocenters. The van der Waals surface area contributed by atoms with Gasteiger partial charge >= 0.3 is 5.92 Å². The molecule has 0 spiro atoms. The van der Waals surface area contributed by atoms with Gasteiger partial charge in [0.05, 0.1) is 22.8 Å². The summed E-state index contributed by atoms with van der Waals surface area (Å²) in [7, 11) is 1.63. The minimum atomic E-state index is -3.80. The van der Waals surface area contributed by atoms with Crippen LogP contribution in [0.5, 0.6) is 5.75 Å². The van der Waals surface area contributed by atoms with Gasteiger partial charge in [-0.15, -0.1) is 0 Å². The Labute approximate surface area is 194 Å². The molecule has 1 aromatic heterocycles. The van der Waals surface area contributed by atoms with E-state index in [4.69, 9.17) is 4.74 Å². The average Bonchev–Trinajstić information content (AvgIpc) is 2.74. The molecule has 2 aromatic carbocycles. The number of benzene rings is 2. The first-order chi connectivity index (χ1) is 15.8. The van der Waals surface area contributed by atoms with Crippen molar-refractivity contribution in [1.82, 2.24) is 9.97 Å². The van der Waals surface area contributed by atoms with E-state index in [0.717, 1.165) is 19.9 Å². The zero-order chi connectivity index (χ0) is 25.0. The molecule has 180 valence electrons. The number of nitrogens with one attached hydrogen (secondary N) is 1. The number of hydrogen-bond acceptors (Lipinski definition) is 6. The number of ether oxygens (including phenoxy) is 1. The van der Waals surface area contributed by atoms with Crippen molar-refractivity contribution < 1.29 is 27.8 Å². The van der Waals surface area contributed by atoms with Gasteiger partial charge in [-0.3, -0.25) is 4.79 Å². The summed E-state index contributed by atoms with van der Waals surface area (Å²) in [5.41, 5.74) is -2.27. The Bertz CT molecular complexity index is 1290. The normalized spacial score (nSPS) is 15.2. The van der Waals surface area contributed by atoms with Crippen LogP contribution in [0.1, 0.15) is 43.8 Å². The van der Waals surface area contributed by atoms with Crippen LogP contribution in [0.2, 0.25) is 0 Å². The second-order valence-corrected chi connectivity index (χ2v) is 8.91. The number of hydrogen-bond donors (Lipinski definition) is 2. The van der Waals surface area contributed by atoms with Gasteiger partial charge in [0.15, 0.2) is 6.61 Å². The van der Waals surface area contributed by atoms with E-state index in [1.54, 1.807) is 33.0 Å². The van der Waals surface area contributed by atoms with E-state index < -0.39 is 28.9 Å². The highest BCUT2D eigenvalue weighted by molar-refractivity contribution is 6.02. The molecule has 1 aliphatic rings. The van der Waals surface area contributed by atoms with Crippen LogP contribution in [-0.2, 0) is 10.7 Å². The summed E-state index contributed by atoms with van der Waals surface area (Å²) in [6.07, 6.45) is 0. The smallest absolute Gasteiger partial charge is 0.303 e. The first-order valence-corrected chi connectivity index (χ1v) is 10.7. The molecule has 0 radical (unpaired) electrons. The average molecular weight is 474 g/mol. The Hall–Kier alpha value is -3.40.